The third kappa shape index (κ3) is 11.6. The van der Waals surface area contributed by atoms with E-state index in [1.54, 1.807) is 7.11 Å². The van der Waals surface area contributed by atoms with Gasteiger partial charge in [-0.15, -0.1) is 0 Å². The number of benzene rings is 1. The van der Waals surface area contributed by atoms with E-state index in [-0.39, 0.29) is 0 Å². The largest absolute Gasteiger partial charge is 0.382 e. The molecular weight excluding hydrogens is 314 g/mol. The van der Waals surface area contributed by atoms with Crippen LogP contribution in [0, 0.1) is 6.92 Å². The molecule has 1 aromatic carbocycles. The molecule has 1 aromatic rings. The van der Waals surface area contributed by atoms with Crippen molar-refractivity contribution in [2.75, 3.05) is 40.0 Å². The highest BCUT2D eigenvalue weighted by Crippen LogP contribution is 2.04. The third-order valence-corrected chi connectivity index (χ3v) is 3.80. The molecule has 5 nitrogen and oxygen atoms in total. The van der Waals surface area contributed by atoms with Crippen molar-refractivity contribution < 1.29 is 9.47 Å². The summed E-state index contributed by atoms with van der Waals surface area (Å²) < 4.78 is 10.4. The number of unbranched alkanes of at least 4 members (excludes halogenated alkanes) is 2. The molecule has 0 aliphatic rings. The summed E-state index contributed by atoms with van der Waals surface area (Å²) in [7, 11) is 1.69. The van der Waals surface area contributed by atoms with Gasteiger partial charge in [0.05, 0.1) is 19.8 Å². The maximum absolute atomic E-state index is 5.48. The first-order chi connectivity index (χ1) is 12.3. The SMILES string of the molecule is CCCCNC(=NCc1ccc(C)cc1)NCCCCOCCOC. The summed E-state index contributed by atoms with van der Waals surface area (Å²) >= 11 is 0. The lowest BCUT2D eigenvalue weighted by molar-refractivity contribution is 0.0689. The molecule has 2 N–H and O–H groups in total. The molecule has 1 rings (SSSR count). The molecule has 0 amide bonds. The fraction of sp³-hybridized carbons (Fsp3) is 0.650. The first-order valence-corrected chi connectivity index (χ1v) is 9.40. The Bertz CT molecular complexity index is 461. The number of hydrogen-bond donors (Lipinski definition) is 2. The van der Waals surface area contributed by atoms with Crippen molar-refractivity contribution in [1.29, 1.82) is 0 Å². The zero-order valence-electron chi connectivity index (χ0n) is 16.1. The second kappa shape index (κ2) is 14.7. The van der Waals surface area contributed by atoms with E-state index in [0.717, 1.165) is 44.9 Å². The van der Waals surface area contributed by atoms with Crippen LogP contribution in [0.1, 0.15) is 43.7 Å². The zero-order chi connectivity index (χ0) is 18.2. The summed E-state index contributed by atoms with van der Waals surface area (Å²) in [5.41, 5.74) is 2.51. The Labute approximate surface area is 153 Å². The summed E-state index contributed by atoms with van der Waals surface area (Å²) in [5.74, 6) is 0.898. The van der Waals surface area contributed by atoms with Gasteiger partial charge in [0.25, 0.3) is 0 Å². The topological polar surface area (TPSA) is 54.9 Å². The van der Waals surface area contributed by atoms with Gasteiger partial charge in [-0.3, -0.25) is 0 Å². The normalized spacial score (nSPS) is 11.6. The van der Waals surface area contributed by atoms with E-state index in [9.17, 15) is 0 Å². The Morgan fingerprint density at radius 3 is 2.36 bits per heavy atom. The molecule has 0 radical (unpaired) electrons. The van der Waals surface area contributed by atoms with Crippen LogP contribution in [-0.2, 0) is 16.0 Å². The molecule has 0 heterocycles. The minimum absolute atomic E-state index is 0.662. The van der Waals surface area contributed by atoms with Gasteiger partial charge in [-0.2, -0.15) is 0 Å². The molecule has 5 heteroatoms. The predicted octanol–water partition coefficient (Wildman–Crippen LogP) is 3.27. The highest BCUT2D eigenvalue weighted by atomic mass is 16.5. The van der Waals surface area contributed by atoms with Crippen molar-refractivity contribution in [3.63, 3.8) is 0 Å². The van der Waals surface area contributed by atoms with Crippen LogP contribution in [0.4, 0.5) is 0 Å². The van der Waals surface area contributed by atoms with Gasteiger partial charge in [0, 0.05) is 26.8 Å². The molecule has 25 heavy (non-hydrogen) atoms. The van der Waals surface area contributed by atoms with Crippen molar-refractivity contribution in [3.8, 4) is 0 Å². The van der Waals surface area contributed by atoms with Crippen LogP contribution in [-0.4, -0.2) is 46.0 Å². The Morgan fingerprint density at radius 2 is 1.68 bits per heavy atom. The van der Waals surface area contributed by atoms with Crippen LogP contribution in [0.3, 0.4) is 0 Å². The van der Waals surface area contributed by atoms with E-state index in [2.05, 4.69) is 48.7 Å². The molecule has 0 aromatic heterocycles. The molecule has 0 aliphatic heterocycles. The maximum Gasteiger partial charge on any atom is 0.191 e. The highest BCUT2D eigenvalue weighted by Gasteiger charge is 1.99. The lowest BCUT2D eigenvalue weighted by Gasteiger charge is -2.12. The van der Waals surface area contributed by atoms with E-state index in [1.165, 1.54) is 17.5 Å². The van der Waals surface area contributed by atoms with Gasteiger partial charge >= 0.3 is 0 Å². The molecule has 0 saturated heterocycles. The number of ether oxygens (including phenoxy) is 2. The van der Waals surface area contributed by atoms with Crippen LogP contribution in [0.15, 0.2) is 29.3 Å². The van der Waals surface area contributed by atoms with Crippen molar-refractivity contribution in [2.24, 2.45) is 4.99 Å². The molecule has 0 saturated carbocycles. The van der Waals surface area contributed by atoms with E-state index >= 15 is 0 Å². The minimum Gasteiger partial charge on any atom is -0.382 e. The van der Waals surface area contributed by atoms with E-state index in [1.807, 2.05) is 0 Å². The average molecular weight is 350 g/mol. The second-order valence-electron chi connectivity index (χ2n) is 6.17. The van der Waals surface area contributed by atoms with E-state index in [0.29, 0.717) is 19.8 Å². The van der Waals surface area contributed by atoms with E-state index < -0.39 is 0 Å². The quantitative estimate of drug-likeness (QED) is 0.326. The maximum atomic E-state index is 5.48. The summed E-state index contributed by atoms with van der Waals surface area (Å²) in [4.78, 5) is 4.70. The number of aryl methyl sites for hydroxylation is 1. The molecule has 0 bridgehead atoms. The standard InChI is InChI=1S/C20H35N3O2/c1-4-5-12-21-20(22-13-6-7-14-25-16-15-24-3)23-17-19-10-8-18(2)9-11-19/h8-11H,4-7,12-17H2,1-3H3,(H2,21,22,23). The van der Waals surface area contributed by atoms with Crippen molar-refractivity contribution in [1.82, 2.24) is 10.6 Å². The molecule has 0 aliphatic carbocycles. The van der Waals surface area contributed by atoms with Gasteiger partial charge in [0.15, 0.2) is 5.96 Å². The molecule has 0 unspecified atom stereocenters. The average Bonchev–Trinajstić information content (AvgIpc) is 2.62. The Hall–Kier alpha value is -1.59. The van der Waals surface area contributed by atoms with Crippen LogP contribution in [0.5, 0.6) is 0 Å². The third-order valence-electron chi connectivity index (χ3n) is 3.80. The first kappa shape index (κ1) is 21.5. The Kier molecular flexibility index (Phi) is 12.6. The number of nitrogens with one attached hydrogen (secondary N) is 2. The summed E-state index contributed by atoms with van der Waals surface area (Å²) in [5, 5.41) is 6.83. The van der Waals surface area contributed by atoms with Gasteiger partial charge in [-0.05, 0) is 31.7 Å². The number of nitrogens with zero attached hydrogens (tertiary/aromatic N) is 1. The van der Waals surface area contributed by atoms with E-state index in [4.69, 9.17) is 14.5 Å². The van der Waals surface area contributed by atoms with Gasteiger partial charge in [-0.25, -0.2) is 4.99 Å². The van der Waals surface area contributed by atoms with Crippen LogP contribution >= 0.6 is 0 Å². The van der Waals surface area contributed by atoms with Gasteiger partial charge in [0.1, 0.15) is 0 Å². The number of rotatable bonds is 13. The zero-order valence-corrected chi connectivity index (χ0v) is 16.1. The lowest BCUT2D eigenvalue weighted by atomic mass is 10.1. The molecule has 0 fully saturated rings. The summed E-state index contributed by atoms with van der Waals surface area (Å²) in [6.45, 7) is 8.97. The highest BCUT2D eigenvalue weighted by molar-refractivity contribution is 5.79. The van der Waals surface area contributed by atoms with Crippen molar-refractivity contribution >= 4 is 5.96 Å². The smallest absolute Gasteiger partial charge is 0.191 e. The Balaban J connectivity index is 2.31. The number of aliphatic imine (C=N–C) groups is 1. The van der Waals surface area contributed by atoms with Crippen LogP contribution in [0.2, 0.25) is 0 Å². The van der Waals surface area contributed by atoms with Crippen molar-refractivity contribution in [2.45, 2.75) is 46.1 Å². The number of methoxy groups -OCH3 is 1. The first-order valence-electron chi connectivity index (χ1n) is 9.40. The van der Waals surface area contributed by atoms with Gasteiger partial charge < -0.3 is 20.1 Å². The second-order valence-corrected chi connectivity index (χ2v) is 6.17. The van der Waals surface area contributed by atoms with Crippen molar-refractivity contribution in [3.05, 3.63) is 35.4 Å². The predicted molar refractivity (Wildman–Crippen MR) is 105 cm³/mol. The lowest BCUT2D eigenvalue weighted by Crippen LogP contribution is -2.38. The molecule has 0 atom stereocenters. The number of hydrogen-bond acceptors (Lipinski definition) is 3. The summed E-state index contributed by atoms with van der Waals surface area (Å²) in [6.07, 6.45) is 4.43. The Morgan fingerprint density at radius 1 is 0.960 bits per heavy atom. The minimum atomic E-state index is 0.662. The van der Waals surface area contributed by atoms with Gasteiger partial charge in [-0.1, -0.05) is 43.2 Å². The molecule has 0 spiro atoms. The van der Waals surface area contributed by atoms with Crippen LogP contribution < -0.4 is 10.6 Å². The molecule has 142 valence electrons. The fourth-order valence-corrected chi connectivity index (χ4v) is 2.20. The molecular formula is C20H35N3O2. The fourth-order valence-electron chi connectivity index (χ4n) is 2.20. The number of guanidine groups is 1. The monoisotopic (exact) mass is 349 g/mol. The summed E-state index contributed by atoms with van der Waals surface area (Å²) in [6, 6.07) is 8.54. The van der Waals surface area contributed by atoms with Gasteiger partial charge in [0.2, 0.25) is 0 Å². The van der Waals surface area contributed by atoms with Crippen LogP contribution in [0.25, 0.3) is 0 Å².